The van der Waals surface area contributed by atoms with Crippen molar-refractivity contribution in [3.63, 3.8) is 0 Å². The van der Waals surface area contributed by atoms with E-state index in [-0.39, 0.29) is 50.0 Å². The van der Waals surface area contributed by atoms with E-state index in [1.54, 1.807) is 0 Å². The highest BCUT2D eigenvalue weighted by Crippen LogP contribution is 2.58. The molecule has 424 valence electrons. The molecule has 0 N–H and O–H groups in total. The van der Waals surface area contributed by atoms with Crippen LogP contribution in [0.15, 0.2) is 146 Å². The lowest BCUT2D eigenvalue weighted by molar-refractivity contribution is 0.332. The highest BCUT2D eigenvalue weighted by atomic mass is 15.2. The highest BCUT2D eigenvalue weighted by molar-refractivity contribution is 7.00. The first-order chi connectivity index (χ1) is 38.7. The van der Waals surface area contributed by atoms with Crippen molar-refractivity contribution in [2.45, 2.75) is 201 Å². The average molecular weight is 1090 g/mol. The van der Waals surface area contributed by atoms with Crippen molar-refractivity contribution >= 4 is 74.3 Å². The fraction of sp³-hybridized carbons (Fsp3) is 0.392. The van der Waals surface area contributed by atoms with Crippen molar-refractivity contribution in [2.24, 2.45) is 0 Å². The molecular weight excluding hydrogens is 1000 g/mol. The second kappa shape index (κ2) is 17.9. The Morgan fingerprint density at radius 3 is 1.42 bits per heavy atom. The van der Waals surface area contributed by atoms with Crippen molar-refractivity contribution in [2.75, 3.05) is 14.7 Å². The molecule has 0 saturated heterocycles. The number of fused-ring (bicyclic) bond motifs is 9. The van der Waals surface area contributed by atoms with Crippen LogP contribution in [0.2, 0.25) is 0 Å². The summed E-state index contributed by atoms with van der Waals surface area (Å²) < 4.78 is 0. The van der Waals surface area contributed by atoms with E-state index in [9.17, 15) is 0 Å². The lowest BCUT2D eigenvalue weighted by Crippen LogP contribution is -2.61. The molecule has 0 saturated carbocycles. The topological polar surface area (TPSA) is 9.72 Å². The largest absolute Gasteiger partial charge is 0.311 e. The van der Waals surface area contributed by atoms with Gasteiger partial charge in [0.1, 0.15) is 0 Å². The summed E-state index contributed by atoms with van der Waals surface area (Å²) in [6.07, 6.45) is 3.45. The van der Waals surface area contributed by atoms with Gasteiger partial charge in [0.2, 0.25) is 0 Å². The molecule has 0 spiro atoms. The van der Waals surface area contributed by atoms with Gasteiger partial charge in [0.15, 0.2) is 0 Å². The van der Waals surface area contributed by atoms with Crippen molar-refractivity contribution in [1.82, 2.24) is 0 Å². The molecule has 0 unspecified atom stereocenters. The van der Waals surface area contributed by atoms with Crippen LogP contribution in [-0.2, 0) is 43.3 Å². The molecule has 0 atom stereocenters. The van der Waals surface area contributed by atoms with Crippen molar-refractivity contribution in [3.8, 4) is 11.1 Å². The molecule has 5 aliphatic rings. The molecular formula is C79H90BN3. The third-order valence-electron chi connectivity index (χ3n) is 20.9. The number of nitrogens with zero attached hydrogens (tertiary/aromatic N) is 3. The van der Waals surface area contributed by atoms with Crippen LogP contribution >= 0.6 is 0 Å². The number of anilines is 9. The third-order valence-corrected chi connectivity index (χ3v) is 20.9. The molecule has 8 aromatic rings. The molecule has 0 radical (unpaired) electrons. The van der Waals surface area contributed by atoms with Gasteiger partial charge in [-0.05, 0) is 208 Å². The molecule has 2 heterocycles. The van der Waals surface area contributed by atoms with Crippen LogP contribution in [0.5, 0.6) is 0 Å². The van der Waals surface area contributed by atoms with Crippen LogP contribution in [0.25, 0.3) is 11.1 Å². The summed E-state index contributed by atoms with van der Waals surface area (Å²) in [6.45, 7) is 48.2. The SMILES string of the molecule is Cc1cc2c(cc1N1c3cc4c(cc3B3c5ccc(N(c6ccc(C(C)(C)C)cc6)c6ccc(C(C)(C)C)cc6)cc5N(c5cccc6c5-c5ccccc5C6(C)C)c5cc(C(C)(C)C)cc1c53)C(C)(C)CC4(C)C)C(C)(C)CCC2(C)C. The quantitative estimate of drug-likeness (QED) is 0.159. The first-order valence-corrected chi connectivity index (χ1v) is 31.2. The van der Waals surface area contributed by atoms with Gasteiger partial charge in [0.05, 0.1) is 5.69 Å². The summed E-state index contributed by atoms with van der Waals surface area (Å²) in [6, 6.07) is 58.5. The van der Waals surface area contributed by atoms with E-state index in [4.69, 9.17) is 0 Å². The molecule has 8 aromatic carbocycles. The Morgan fingerprint density at radius 1 is 0.386 bits per heavy atom. The van der Waals surface area contributed by atoms with Gasteiger partial charge in [-0.1, -0.05) is 210 Å². The number of aryl methyl sites for hydroxylation is 1. The van der Waals surface area contributed by atoms with E-state index in [1.165, 1.54) is 124 Å². The molecule has 0 fully saturated rings. The van der Waals surface area contributed by atoms with Crippen LogP contribution in [0.3, 0.4) is 0 Å². The monoisotopic (exact) mass is 1090 g/mol. The Kier molecular flexibility index (Phi) is 11.9. The van der Waals surface area contributed by atoms with Crippen molar-refractivity contribution < 1.29 is 0 Å². The first kappa shape index (κ1) is 55.4. The van der Waals surface area contributed by atoms with E-state index in [2.05, 4.69) is 299 Å². The Labute approximate surface area is 499 Å². The summed E-state index contributed by atoms with van der Waals surface area (Å²) in [4.78, 5) is 8.01. The molecule has 3 aliphatic carbocycles. The van der Waals surface area contributed by atoms with Crippen LogP contribution in [0.1, 0.15) is 206 Å². The van der Waals surface area contributed by atoms with Gasteiger partial charge in [0, 0.05) is 56.5 Å². The first-order valence-electron chi connectivity index (χ1n) is 31.2. The fourth-order valence-electron chi connectivity index (χ4n) is 16.1. The Balaban J connectivity index is 1.16. The van der Waals surface area contributed by atoms with E-state index in [0.717, 1.165) is 29.9 Å². The maximum absolute atomic E-state index is 2.77. The molecule has 0 aromatic heterocycles. The predicted molar refractivity (Wildman–Crippen MR) is 360 cm³/mol. The summed E-state index contributed by atoms with van der Waals surface area (Å²) in [5, 5.41) is 0. The lowest BCUT2D eigenvalue weighted by Gasteiger charge is -2.47. The third kappa shape index (κ3) is 8.47. The smallest absolute Gasteiger partial charge is 0.252 e. The molecule has 0 amide bonds. The number of hydrogen-bond acceptors (Lipinski definition) is 3. The minimum atomic E-state index is -0.185. The predicted octanol–water partition coefficient (Wildman–Crippen LogP) is 20.1. The molecule has 83 heavy (non-hydrogen) atoms. The second-order valence-electron chi connectivity index (χ2n) is 32.2. The van der Waals surface area contributed by atoms with E-state index >= 15 is 0 Å². The van der Waals surface area contributed by atoms with Crippen LogP contribution in [0, 0.1) is 6.92 Å². The zero-order chi connectivity index (χ0) is 59.3. The zero-order valence-corrected chi connectivity index (χ0v) is 53.9. The molecule has 0 bridgehead atoms. The zero-order valence-electron chi connectivity index (χ0n) is 53.9. The summed E-state index contributed by atoms with van der Waals surface area (Å²) in [5.74, 6) is 0. The standard InChI is InChI=1S/C79H90BN3/c1-48-40-58-60(76(13,14)39-38-75(58,11)12)45-65(48)83-67-46-61-59(77(15,16)47-78(61,17)18)44-63(67)80-62-37-36-54(81(52-32-28-49(29-33-52)72(2,3)4)53-34-30-50(31-35-53)73(5,6)7)43-66(62)82(68-41-51(74(8,9)10)42-69(83)71(68)80)64-27-23-26-57-70(64)55-24-21-22-25-56(55)79(57,19)20/h21-37,40-46H,38-39,47H2,1-20H3. The van der Waals surface area contributed by atoms with Gasteiger partial charge in [-0.3, -0.25) is 0 Å². The highest BCUT2D eigenvalue weighted by Gasteiger charge is 2.50. The van der Waals surface area contributed by atoms with Crippen LogP contribution in [0.4, 0.5) is 51.2 Å². The maximum atomic E-state index is 2.77. The Morgan fingerprint density at radius 2 is 0.855 bits per heavy atom. The molecule has 13 rings (SSSR count). The molecule has 3 nitrogen and oxygen atoms in total. The minimum Gasteiger partial charge on any atom is -0.311 e. The van der Waals surface area contributed by atoms with Crippen molar-refractivity contribution in [1.29, 1.82) is 0 Å². The number of benzene rings is 8. The second-order valence-corrected chi connectivity index (χ2v) is 32.2. The van der Waals surface area contributed by atoms with E-state index < -0.39 is 0 Å². The minimum absolute atomic E-state index is 0.00100. The summed E-state index contributed by atoms with van der Waals surface area (Å²) >= 11 is 0. The van der Waals surface area contributed by atoms with Crippen LogP contribution < -0.4 is 31.1 Å². The number of hydrogen-bond donors (Lipinski definition) is 0. The Bertz CT molecular complexity index is 3930. The molecule has 4 heteroatoms. The van der Waals surface area contributed by atoms with Gasteiger partial charge < -0.3 is 14.7 Å². The molecule has 2 aliphatic heterocycles. The average Bonchev–Trinajstić information content (AvgIpc) is 3.07. The lowest BCUT2D eigenvalue weighted by atomic mass is 9.33. The summed E-state index contributed by atoms with van der Waals surface area (Å²) in [7, 11) is 0. The van der Waals surface area contributed by atoms with Gasteiger partial charge >= 0.3 is 0 Å². The number of rotatable bonds is 5. The van der Waals surface area contributed by atoms with Gasteiger partial charge in [-0.2, -0.15) is 0 Å². The maximum Gasteiger partial charge on any atom is 0.252 e. The summed E-state index contributed by atoms with van der Waals surface area (Å²) in [5.41, 5.74) is 31.7. The normalized spacial score (nSPS) is 18.1. The fourth-order valence-corrected chi connectivity index (χ4v) is 16.1. The van der Waals surface area contributed by atoms with E-state index in [0.29, 0.717) is 0 Å². The van der Waals surface area contributed by atoms with Crippen LogP contribution in [-0.4, -0.2) is 6.71 Å². The van der Waals surface area contributed by atoms with Crippen molar-refractivity contribution in [3.05, 3.63) is 201 Å². The van der Waals surface area contributed by atoms with E-state index in [1.807, 2.05) is 0 Å². The van der Waals surface area contributed by atoms with Gasteiger partial charge in [-0.15, -0.1) is 0 Å². The Hall–Kier alpha value is -6.78. The van der Waals surface area contributed by atoms with Gasteiger partial charge in [-0.25, -0.2) is 0 Å². The van der Waals surface area contributed by atoms with Gasteiger partial charge in [0.25, 0.3) is 6.71 Å².